The van der Waals surface area contributed by atoms with E-state index in [0.29, 0.717) is 26.2 Å². The number of amides is 4. The van der Waals surface area contributed by atoms with E-state index in [9.17, 15) is 14.4 Å². The van der Waals surface area contributed by atoms with Gasteiger partial charge in [0.05, 0.1) is 19.0 Å². The van der Waals surface area contributed by atoms with Crippen LogP contribution in [0.3, 0.4) is 0 Å². The van der Waals surface area contributed by atoms with Crippen molar-refractivity contribution in [2.75, 3.05) is 32.7 Å². The van der Waals surface area contributed by atoms with Crippen LogP contribution in [0.5, 0.6) is 0 Å². The smallest absolute Gasteiger partial charge is 0.317 e. The molecule has 0 aliphatic carbocycles. The molecule has 0 aromatic heterocycles. The lowest BCUT2D eigenvalue weighted by atomic mass is 10.00. The van der Waals surface area contributed by atoms with E-state index in [1.807, 2.05) is 44.2 Å². The second-order valence-electron chi connectivity index (χ2n) is 6.96. The molecule has 154 valence electrons. The Balaban J connectivity index is 2.16. The SMILES string of the molecule is CCN(CC)C(=O)NCC(=O)N1CCCCCNC(=O)CC1c1ccccc1. The van der Waals surface area contributed by atoms with Crippen LogP contribution in [0, 0.1) is 0 Å². The number of carbonyl (C=O) groups excluding carboxylic acids is 3. The number of nitrogens with zero attached hydrogens (tertiary/aromatic N) is 2. The first-order valence-corrected chi connectivity index (χ1v) is 10.2. The predicted octanol–water partition coefficient (Wildman–Crippen LogP) is 2.30. The van der Waals surface area contributed by atoms with Crippen LogP contribution in [-0.2, 0) is 9.59 Å². The van der Waals surface area contributed by atoms with Crippen molar-refractivity contribution in [2.45, 2.75) is 45.6 Å². The van der Waals surface area contributed by atoms with Crippen molar-refractivity contribution >= 4 is 17.8 Å². The maximum atomic E-state index is 13.0. The molecule has 0 spiro atoms. The summed E-state index contributed by atoms with van der Waals surface area (Å²) in [7, 11) is 0. The number of carbonyl (C=O) groups is 3. The van der Waals surface area contributed by atoms with Crippen LogP contribution < -0.4 is 10.6 Å². The molecular formula is C21H32N4O3. The van der Waals surface area contributed by atoms with E-state index in [-0.39, 0.29) is 36.9 Å². The van der Waals surface area contributed by atoms with Gasteiger partial charge >= 0.3 is 6.03 Å². The zero-order valence-corrected chi connectivity index (χ0v) is 16.9. The minimum atomic E-state index is -0.336. The Hall–Kier alpha value is -2.57. The minimum Gasteiger partial charge on any atom is -0.356 e. The highest BCUT2D eigenvalue weighted by molar-refractivity contribution is 5.85. The predicted molar refractivity (Wildman–Crippen MR) is 109 cm³/mol. The lowest BCUT2D eigenvalue weighted by Gasteiger charge is -2.33. The van der Waals surface area contributed by atoms with Gasteiger partial charge in [-0.05, 0) is 38.7 Å². The summed E-state index contributed by atoms with van der Waals surface area (Å²) in [6, 6.07) is 9.05. The quantitative estimate of drug-likeness (QED) is 0.812. The highest BCUT2D eigenvalue weighted by Gasteiger charge is 2.28. The van der Waals surface area contributed by atoms with Crippen LogP contribution in [0.2, 0.25) is 0 Å². The number of rotatable bonds is 5. The summed E-state index contributed by atoms with van der Waals surface area (Å²) in [5, 5.41) is 5.66. The van der Waals surface area contributed by atoms with Gasteiger partial charge in [-0.3, -0.25) is 9.59 Å². The van der Waals surface area contributed by atoms with Crippen LogP contribution >= 0.6 is 0 Å². The van der Waals surface area contributed by atoms with Crippen molar-refractivity contribution in [3.63, 3.8) is 0 Å². The molecule has 1 atom stereocenters. The first-order chi connectivity index (χ1) is 13.6. The lowest BCUT2D eigenvalue weighted by Crippen LogP contribution is -2.47. The third-order valence-corrected chi connectivity index (χ3v) is 5.10. The number of urea groups is 1. The van der Waals surface area contributed by atoms with Gasteiger partial charge in [-0.1, -0.05) is 30.3 Å². The molecule has 1 fully saturated rings. The maximum absolute atomic E-state index is 13.0. The van der Waals surface area contributed by atoms with Crippen molar-refractivity contribution in [2.24, 2.45) is 0 Å². The fourth-order valence-corrected chi connectivity index (χ4v) is 3.47. The number of hydrogen-bond acceptors (Lipinski definition) is 3. The summed E-state index contributed by atoms with van der Waals surface area (Å²) in [5.41, 5.74) is 0.932. The third-order valence-electron chi connectivity index (χ3n) is 5.10. The van der Waals surface area contributed by atoms with Crippen molar-refractivity contribution in [3.8, 4) is 0 Å². The molecule has 1 aliphatic heterocycles. The topological polar surface area (TPSA) is 81.8 Å². The van der Waals surface area contributed by atoms with E-state index in [1.165, 1.54) is 0 Å². The Morgan fingerprint density at radius 1 is 1.14 bits per heavy atom. The Morgan fingerprint density at radius 3 is 2.54 bits per heavy atom. The molecule has 1 unspecified atom stereocenters. The fraction of sp³-hybridized carbons (Fsp3) is 0.571. The molecule has 1 saturated heterocycles. The summed E-state index contributed by atoms with van der Waals surface area (Å²) < 4.78 is 0. The van der Waals surface area contributed by atoms with Crippen LogP contribution in [0.15, 0.2) is 30.3 Å². The molecule has 7 nitrogen and oxygen atoms in total. The monoisotopic (exact) mass is 388 g/mol. The summed E-state index contributed by atoms with van der Waals surface area (Å²) in [4.78, 5) is 41.0. The molecule has 0 radical (unpaired) electrons. The van der Waals surface area contributed by atoms with E-state index >= 15 is 0 Å². The number of nitrogens with one attached hydrogen (secondary N) is 2. The van der Waals surface area contributed by atoms with Crippen LogP contribution in [0.4, 0.5) is 4.79 Å². The molecular weight excluding hydrogens is 356 g/mol. The standard InChI is InChI=1S/C21H32N4O3/c1-3-24(4-2)21(28)23-16-20(27)25-14-10-6-9-13-22-19(26)15-18(25)17-11-7-5-8-12-17/h5,7-8,11-12,18H,3-4,6,9-10,13-16H2,1-2H3,(H,22,26)(H,23,28). The number of hydrogen-bond donors (Lipinski definition) is 2. The Morgan fingerprint density at radius 2 is 1.86 bits per heavy atom. The molecule has 1 heterocycles. The number of benzene rings is 1. The molecule has 1 aromatic rings. The van der Waals surface area contributed by atoms with Crippen LogP contribution in [0.25, 0.3) is 0 Å². The van der Waals surface area contributed by atoms with Crippen LogP contribution in [0.1, 0.15) is 51.1 Å². The lowest BCUT2D eigenvalue weighted by molar-refractivity contribution is -0.134. The second-order valence-corrected chi connectivity index (χ2v) is 6.96. The maximum Gasteiger partial charge on any atom is 0.317 e. The molecule has 4 amide bonds. The molecule has 28 heavy (non-hydrogen) atoms. The van der Waals surface area contributed by atoms with Gasteiger partial charge in [0.15, 0.2) is 0 Å². The van der Waals surface area contributed by atoms with E-state index < -0.39 is 0 Å². The summed E-state index contributed by atoms with van der Waals surface area (Å²) in [6.45, 7) is 6.17. The van der Waals surface area contributed by atoms with Gasteiger partial charge in [0.25, 0.3) is 0 Å². The zero-order valence-electron chi connectivity index (χ0n) is 16.9. The molecule has 7 heteroatoms. The zero-order chi connectivity index (χ0) is 20.4. The molecule has 0 bridgehead atoms. The van der Waals surface area contributed by atoms with Crippen molar-refractivity contribution < 1.29 is 14.4 Å². The highest BCUT2D eigenvalue weighted by Crippen LogP contribution is 2.25. The molecule has 2 N–H and O–H groups in total. The van der Waals surface area contributed by atoms with Gasteiger partial charge in [0, 0.05) is 26.2 Å². The van der Waals surface area contributed by atoms with Crippen molar-refractivity contribution in [3.05, 3.63) is 35.9 Å². The molecule has 2 rings (SSSR count). The summed E-state index contributed by atoms with van der Waals surface area (Å²) in [5.74, 6) is -0.219. The van der Waals surface area contributed by atoms with Gasteiger partial charge in [-0.2, -0.15) is 0 Å². The minimum absolute atomic E-state index is 0.0549. The molecule has 1 aliphatic rings. The van der Waals surface area contributed by atoms with Crippen molar-refractivity contribution in [1.82, 2.24) is 20.4 Å². The molecule has 1 aromatic carbocycles. The van der Waals surface area contributed by atoms with E-state index in [4.69, 9.17) is 0 Å². The normalized spacial score (nSPS) is 18.1. The Bertz CT molecular complexity index is 646. The first kappa shape index (κ1) is 21.7. The van der Waals surface area contributed by atoms with E-state index in [1.54, 1.807) is 9.80 Å². The molecule has 0 saturated carbocycles. The van der Waals surface area contributed by atoms with Crippen molar-refractivity contribution in [1.29, 1.82) is 0 Å². The Kier molecular flexibility index (Phi) is 8.78. The average Bonchev–Trinajstić information content (AvgIpc) is 2.72. The van der Waals surface area contributed by atoms with E-state index in [2.05, 4.69) is 10.6 Å². The summed E-state index contributed by atoms with van der Waals surface area (Å²) >= 11 is 0. The van der Waals surface area contributed by atoms with E-state index in [0.717, 1.165) is 24.8 Å². The highest BCUT2D eigenvalue weighted by atomic mass is 16.2. The van der Waals surface area contributed by atoms with Gasteiger partial charge in [-0.15, -0.1) is 0 Å². The largest absolute Gasteiger partial charge is 0.356 e. The van der Waals surface area contributed by atoms with Gasteiger partial charge in [0.1, 0.15) is 0 Å². The fourth-order valence-electron chi connectivity index (χ4n) is 3.47. The third kappa shape index (κ3) is 6.25. The first-order valence-electron chi connectivity index (χ1n) is 10.2. The second kappa shape index (κ2) is 11.3. The average molecular weight is 389 g/mol. The summed E-state index contributed by atoms with van der Waals surface area (Å²) in [6.07, 6.45) is 2.94. The Labute approximate surface area is 167 Å². The van der Waals surface area contributed by atoms with Gasteiger partial charge in [-0.25, -0.2) is 4.79 Å². The van der Waals surface area contributed by atoms with Gasteiger partial charge < -0.3 is 20.4 Å². The van der Waals surface area contributed by atoms with Gasteiger partial charge in [0.2, 0.25) is 11.8 Å². The van der Waals surface area contributed by atoms with Crippen LogP contribution in [-0.4, -0.2) is 60.4 Å².